The Morgan fingerprint density at radius 1 is 1.00 bits per heavy atom. The normalized spacial score (nSPS) is 9.44. The number of nitrogens with one attached hydrogen (secondary N) is 1. The van der Waals surface area contributed by atoms with Crippen LogP contribution in [0, 0.1) is 11.3 Å². The van der Waals surface area contributed by atoms with Gasteiger partial charge < -0.3 is 10.4 Å². The standard InChI is InChI=1S/C13H10N2O/c14-9-10-3-1-4-11(7-10)15-12-5-2-6-13(16)8-12/h1-8,15-16H. The Morgan fingerprint density at radius 2 is 1.69 bits per heavy atom. The fraction of sp³-hybridized carbons (Fsp3) is 0. The van der Waals surface area contributed by atoms with Gasteiger partial charge in [0.2, 0.25) is 0 Å². The largest absolute Gasteiger partial charge is 0.508 e. The molecule has 16 heavy (non-hydrogen) atoms. The highest BCUT2D eigenvalue weighted by Crippen LogP contribution is 2.20. The van der Waals surface area contributed by atoms with Crippen molar-refractivity contribution in [2.45, 2.75) is 0 Å². The molecule has 3 nitrogen and oxygen atoms in total. The van der Waals surface area contributed by atoms with E-state index >= 15 is 0 Å². The minimum Gasteiger partial charge on any atom is -0.508 e. The number of phenols is 1. The van der Waals surface area contributed by atoms with Crippen molar-refractivity contribution in [2.24, 2.45) is 0 Å². The van der Waals surface area contributed by atoms with E-state index in [2.05, 4.69) is 11.4 Å². The van der Waals surface area contributed by atoms with Gasteiger partial charge in [-0.2, -0.15) is 5.26 Å². The van der Waals surface area contributed by atoms with Gasteiger partial charge >= 0.3 is 0 Å². The summed E-state index contributed by atoms with van der Waals surface area (Å²) in [5.41, 5.74) is 2.21. The monoisotopic (exact) mass is 210 g/mol. The number of nitrogens with zero attached hydrogens (tertiary/aromatic N) is 1. The van der Waals surface area contributed by atoms with Gasteiger partial charge in [0.25, 0.3) is 0 Å². The van der Waals surface area contributed by atoms with Gasteiger partial charge in [-0.25, -0.2) is 0 Å². The summed E-state index contributed by atoms with van der Waals surface area (Å²) in [6, 6.07) is 16.1. The molecule has 0 spiro atoms. The molecule has 0 fully saturated rings. The Kier molecular flexibility index (Phi) is 2.75. The molecule has 2 rings (SSSR count). The average molecular weight is 210 g/mol. The number of anilines is 2. The third kappa shape index (κ3) is 2.31. The van der Waals surface area contributed by atoms with Crippen molar-refractivity contribution in [3.05, 3.63) is 54.1 Å². The van der Waals surface area contributed by atoms with E-state index in [9.17, 15) is 5.11 Å². The molecule has 2 N–H and O–H groups in total. The first kappa shape index (κ1) is 10.1. The lowest BCUT2D eigenvalue weighted by atomic mass is 10.2. The number of phenolic OH excluding ortho intramolecular Hbond substituents is 1. The second-order valence-corrected chi connectivity index (χ2v) is 3.37. The van der Waals surface area contributed by atoms with Crippen LogP contribution in [-0.4, -0.2) is 5.11 Å². The number of aromatic hydroxyl groups is 1. The Labute approximate surface area is 93.6 Å². The number of rotatable bonds is 2. The molecule has 0 atom stereocenters. The first-order valence-corrected chi connectivity index (χ1v) is 4.84. The fourth-order valence-electron chi connectivity index (χ4n) is 1.42. The lowest BCUT2D eigenvalue weighted by Gasteiger charge is -2.06. The van der Waals surface area contributed by atoms with E-state index in [1.54, 1.807) is 30.3 Å². The highest BCUT2D eigenvalue weighted by molar-refractivity contribution is 5.62. The minimum absolute atomic E-state index is 0.210. The SMILES string of the molecule is N#Cc1cccc(Nc2cccc(O)c2)c1. The van der Waals surface area contributed by atoms with Crippen molar-refractivity contribution in [3.8, 4) is 11.8 Å². The summed E-state index contributed by atoms with van der Waals surface area (Å²) in [6.07, 6.45) is 0. The van der Waals surface area contributed by atoms with E-state index in [0.29, 0.717) is 5.56 Å². The molecule has 0 aliphatic rings. The van der Waals surface area contributed by atoms with Crippen LogP contribution in [0.1, 0.15) is 5.56 Å². The number of hydrogen-bond donors (Lipinski definition) is 2. The van der Waals surface area contributed by atoms with Crippen molar-refractivity contribution >= 4 is 11.4 Å². The molecule has 0 aromatic heterocycles. The molecule has 2 aromatic carbocycles. The van der Waals surface area contributed by atoms with Gasteiger partial charge in [-0.1, -0.05) is 12.1 Å². The minimum atomic E-state index is 0.210. The zero-order chi connectivity index (χ0) is 11.4. The van der Waals surface area contributed by atoms with Gasteiger partial charge in [0, 0.05) is 17.4 Å². The summed E-state index contributed by atoms with van der Waals surface area (Å²) in [7, 11) is 0. The van der Waals surface area contributed by atoms with Crippen LogP contribution >= 0.6 is 0 Å². The highest BCUT2D eigenvalue weighted by atomic mass is 16.3. The molecule has 0 saturated carbocycles. The lowest BCUT2D eigenvalue weighted by Crippen LogP contribution is -1.90. The van der Waals surface area contributed by atoms with Gasteiger partial charge in [-0.3, -0.25) is 0 Å². The molecule has 0 radical (unpaired) electrons. The maximum atomic E-state index is 9.30. The average Bonchev–Trinajstić information content (AvgIpc) is 2.29. The number of hydrogen-bond acceptors (Lipinski definition) is 3. The van der Waals surface area contributed by atoms with Crippen LogP contribution in [0.25, 0.3) is 0 Å². The molecule has 0 aliphatic carbocycles. The smallest absolute Gasteiger partial charge is 0.117 e. The predicted molar refractivity (Wildman–Crippen MR) is 62.5 cm³/mol. The van der Waals surface area contributed by atoms with E-state index < -0.39 is 0 Å². The van der Waals surface area contributed by atoms with Crippen molar-refractivity contribution in [1.82, 2.24) is 0 Å². The summed E-state index contributed by atoms with van der Waals surface area (Å²) in [6.45, 7) is 0. The molecular formula is C13H10N2O. The van der Waals surface area contributed by atoms with Crippen molar-refractivity contribution in [1.29, 1.82) is 5.26 Å². The molecule has 0 amide bonds. The topological polar surface area (TPSA) is 56.0 Å². The van der Waals surface area contributed by atoms with Gasteiger partial charge in [-0.05, 0) is 30.3 Å². The van der Waals surface area contributed by atoms with E-state index in [0.717, 1.165) is 11.4 Å². The summed E-state index contributed by atoms with van der Waals surface area (Å²) in [5.74, 6) is 0.210. The van der Waals surface area contributed by atoms with E-state index in [-0.39, 0.29) is 5.75 Å². The highest BCUT2D eigenvalue weighted by Gasteiger charge is 1.97. The summed E-state index contributed by atoms with van der Waals surface area (Å²) in [4.78, 5) is 0. The van der Waals surface area contributed by atoms with E-state index in [1.807, 2.05) is 18.2 Å². The first-order valence-electron chi connectivity index (χ1n) is 4.84. The summed E-state index contributed by atoms with van der Waals surface area (Å²) >= 11 is 0. The summed E-state index contributed by atoms with van der Waals surface area (Å²) in [5, 5.41) is 21.2. The first-order chi connectivity index (χ1) is 7.78. The maximum Gasteiger partial charge on any atom is 0.117 e. The van der Waals surface area contributed by atoms with Crippen LogP contribution in [0.15, 0.2) is 48.5 Å². The molecule has 0 bridgehead atoms. The van der Waals surface area contributed by atoms with Gasteiger partial charge in [-0.15, -0.1) is 0 Å². The Balaban J connectivity index is 2.24. The van der Waals surface area contributed by atoms with Gasteiger partial charge in [0.05, 0.1) is 11.6 Å². The summed E-state index contributed by atoms with van der Waals surface area (Å²) < 4.78 is 0. The zero-order valence-electron chi connectivity index (χ0n) is 8.51. The fourth-order valence-corrected chi connectivity index (χ4v) is 1.42. The molecule has 0 heterocycles. The molecule has 78 valence electrons. The van der Waals surface area contributed by atoms with Gasteiger partial charge in [0.1, 0.15) is 5.75 Å². The Hall–Kier alpha value is -2.47. The molecular weight excluding hydrogens is 200 g/mol. The maximum absolute atomic E-state index is 9.30. The van der Waals surface area contributed by atoms with Crippen LogP contribution in [0.2, 0.25) is 0 Å². The van der Waals surface area contributed by atoms with Crippen molar-refractivity contribution < 1.29 is 5.11 Å². The second kappa shape index (κ2) is 4.37. The lowest BCUT2D eigenvalue weighted by molar-refractivity contribution is 0.475. The van der Waals surface area contributed by atoms with Crippen LogP contribution in [0.5, 0.6) is 5.75 Å². The zero-order valence-corrected chi connectivity index (χ0v) is 8.51. The molecule has 3 heteroatoms. The number of nitriles is 1. The van der Waals surface area contributed by atoms with Crippen LogP contribution in [-0.2, 0) is 0 Å². The molecule has 2 aromatic rings. The Bertz CT molecular complexity index is 544. The van der Waals surface area contributed by atoms with E-state index in [4.69, 9.17) is 5.26 Å². The third-order valence-electron chi connectivity index (χ3n) is 2.13. The Morgan fingerprint density at radius 3 is 2.38 bits per heavy atom. The van der Waals surface area contributed by atoms with Crippen molar-refractivity contribution in [3.63, 3.8) is 0 Å². The van der Waals surface area contributed by atoms with Crippen LogP contribution < -0.4 is 5.32 Å². The second-order valence-electron chi connectivity index (χ2n) is 3.37. The van der Waals surface area contributed by atoms with Crippen LogP contribution in [0.3, 0.4) is 0 Å². The predicted octanol–water partition coefficient (Wildman–Crippen LogP) is 3.01. The number of benzene rings is 2. The molecule has 0 aliphatic heterocycles. The third-order valence-corrected chi connectivity index (χ3v) is 2.13. The quantitative estimate of drug-likeness (QED) is 0.801. The van der Waals surface area contributed by atoms with E-state index in [1.165, 1.54) is 0 Å². The molecule has 0 unspecified atom stereocenters. The van der Waals surface area contributed by atoms with Crippen molar-refractivity contribution in [2.75, 3.05) is 5.32 Å². The molecule has 0 saturated heterocycles. The van der Waals surface area contributed by atoms with Gasteiger partial charge in [0.15, 0.2) is 0 Å². The van der Waals surface area contributed by atoms with Crippen LogP contribution in [0.4, 0.5) is 11.4 Å².